The number of H-pyrrole nitrogens is 1. The van der Waals surface area contributed by atoms with Crippen molar-refractivity contribution in [1.82, 2.24) is 4.98 Å². The second kappa shape index (κ2) is 5.64. The number of aromatic amines is 1. The van der Waals surface area contributed by atoms with Crippen LogP contribution in [0.1, 0.15) is 41.5 Å². The van der Waals surface area contributed by atoms with E-state index in [0.717, 1.165) is 11.3 Å². The summed E-state index contributed by atoms with van der Waals surface area (Å²) < 4.78 is 6.77. The molecule has 110 valence electrons. The zero-order valence-electron chi connectivity index (χ0n) is 13.5. The molecule has 0 aliphatic rings. The quantitative estimate of drug-likeness (QED) is 0.699. The molecular weight excluding hydrogens is 262 g/mol. The summed E-state index contributed by atoms with van der Waals surface area (Å²) in [4.78, 5) is 3.32. The molecule has 0 saturated carbocycles. The first-order chi connectivity index (χ1) is 9.39. The molecule has 2 nitrogen and oxygen atoms in total. The van der Waals surface area contributed by atoms with Crippen molar-refractivity contribution in [3.63, 3.8) is 0 Å². The van der Waals surface area contributed by atoms with E-state index >= 15 is 0 Å². The molecule has 0 unspecified atom stereocenters. The molecule has 2 rings (SSSR count). The SMILES string of the molecule is CC(C)[Si](Oc1cccc2cc[nH]c12)(C(C)C)C(C)C. The van der Waals surface area contributed by atoms with Gasteiger partial charge in [0.25, 0.3) is 8.32 Å². The van der Waals surface area contributed by atoms with Gasteiger partial charge in [-0.1, -0.05) is 53.7 Å². The minimum atomic E-state index is -1.88. The highest BCUT2D eigenvalue weighted by molar-refractivity contribution is 6.78. The van der Waals surface area contributed by atoms with Crippen molar-refractivity contribution in [2.45, 2.75) is 58.2 Å². The highest BCUT2D eigenvalue weighted by atomic mass is 28.4. The fraction of sp³-hybridized carbons (Fsp3) is 0.529. The molecule has 0 saturated heterocycles. The molecule has 1 heterocycles. The van der Waals surface area contributed by atoms with Gasteiger partial charge < -0.3 is 9.41 Å². The van der Waals surface area contributed by atoms with Gasteiger partial charge in [0.1, 0.15) is 5.75 Å². The molecule has 1 N–H and O–H groups in total. The van der Waals surface area contributed by atoms with E-state index in [1.54, 1.807) is 0 Å². The van der Waals surface area contributed by atoms with Crippen molar-refractivity contribution in [2.75, 3.05) is 0 Å². The average Bonchev–Trinajstić information content (AvgIpc) is 2.83. The number of benzene rings is 1. The van der Waals surface area contributed by atoms with E-state index in [2.05, 4.69) is 70.8 Å². The van der Waals surface area contributed by atoms with E-state index < -0.39 is 8.32 Å². The summed E-state index contributed by atoms with van der Waals surface area (Å²) in [6.45, 7) is 13.9. The Bertz CT molecular complexity index is 549. The minimum Gasteiger partial charge on any atom is -0.541 e. The van der Waals surface area contributed by atoms with Crippen LogP contribution in [-0.4, -0.2) is 13.3 Å². The third kappa shape index (κ3) is 2.39. The Morgan fingerprint density at radius 3 is 2.05 bits per heavy atom. The van der Waals surface area contributed by atoms with Gasteiger partial charge in [-0.25, -0.2) is 0 Å². The first-order valence-electron chi connectivity index (χ1n) is 7.64. The summed E-state index contributed by atoms with van der Waals surface area (Å²) in [5.41, 5.74) is 2.90. The predicted octanol–water partition coefficient (Wildman–Crippen LogP) is 5.72. The number of nitrogens with one attached hydrogen (secondary N) is 1. The Balaban J connectivity index is 2.49. The van der Waals surface area contributed by atoms with E-state index in [4.69, 9.17) is 4.43 Å². The Kier molecular flexibility index (Phi) is 4.28. The van der Waals surface area contributed by atoms with Crippen LogP contribution in [-0.2, 0) is 0 Å². The summed E-state index contributed by atoms with van der Waals surface area (Å²) in [7, 11) is -1.88. The Hall–Kier alpha value is -1.22. The second-order valence-corrected chi connectivity index (χ2v) is 12.0. The molecule has 2 aromatic rings. The van der Waals surface area contributed by atoms with Crippen molar-refractivity contribution < 1.29 is 4.43 Å². The molecule has 0 aliphatic heterocycles. The van der Waals surface area contributed by atoms with E-state index in [-0.39, 0.29) is 0 Å². The standard InChI is InChI=1S/C17H27NOSi/c1-12(2)20(13(3)4,14(5)6)19-16-9-7-8-15-10-11-18-17(15)16/h7-14,18H,1-6H3. The number of hydrogen-bond donors (Lipinski definition) is 1. The van der Waals surface area contributed by atoms with Gasteiger partial charge in [0.05, 0.1) is 5.52 Å². The lowest BCUT2D eigenvalue weighted by molar-refractivity contribution is 0.483. The highest BCUT2D eigenvalue weighted by Crippen LogP contribution is 2.43. The number of fused-ring (bicyclic) bond motifs is 1. The van der Waals surface area contributed by atoms with Crippen LogP contribution in [0.2, 0.25) is 16.6 Å². The van der Waals surface area contributed by atoms with E-state index in [1.807, 2.05) is 6.20 Å². The van der Waals surface area contributed by atoms with Gasteiger partial charge in [0.2, 0.25) is 0 Å². The highest BCUT2D eigenvalue weighted by Gasteiger charge is 2.47. The van der Waals surface area contributed by atoms with Gasteiger partial charge in [-0.3, -0.25) is 0 Å². The Labute approximate surface area is 123 Å². The number of aromatic nitrogens is 1. The molecule has 0 aliphatic carbocycles. The van der Waals surface area contributed by atoms with Crippen molar-refractivity contribution >= 4 is 19.2 Å². The lowest BCUT2D eigenvalue weighted by atomic mass is 10.2. The van der Waals surface area contributed by atoms with Crippen LogP contribution in [0.15, 0.2) is 30.5 Å². The predicted molar refractivity (Wildman–Crippen MR) is 90.0 cm³/mol. The first kappa shape index (κ1) is 15.2. The van der Waals surface area contributed by atoms with Gasteiger partial charge in [0.15, 0.2) is 0 Å². The number of para-hydroxylation sites is 1. The minimum absolute atomic E-state index is 0.590. The second-order valence-electron chi connectivity index (χ2n) is 6.62. The summed E-state index contributed by atoms with van der Waals surface area (Å²) >= 11 is 0. The molecule has 20 heavy (non-hydrogen) atoms. The summed E-state index contributed by atoms with van der Waals surface area (Å²) in [5, 5.41) is 1.22. The zero-order chi connectivity index (χ0) is 14.9. The van der Waals surface area contributed by atoms with Crippen molar-refractivity contribution in [1.29, 1.82) is 0 Å². The van der Waals surface area contributed by atoms with Crippen molar-refractivity contribution in [2.24, 2.45) is 0 Å². The van der Waals surface area contributed by atoms with Gasteiger partial charge in [-0.05, 0) is 28.8 Å². The van der Waals surface area contributed by atoms with Gasteiger partial charge >= 0.3 is 0 Å². The Morgan fingerprint density at radius 1 is 0.900 bits per heavy atom. The summed E-state index contributed by atoms with van der Waals surface area (Å²) in [6.07, 6.45) is 1.99. The molecule has 0 atom stereocenters. The monoisotopic (exact) mass is 289 g/mol. The third-order valence-corrected chi connectivity index (χ3v) is 10.5. The fourth-order valence-electron chi connectivity index (χ4n) is 3.69. The van der Waals surface area contributed by atoms with Crippen LogP contribution in [0.4, 0.5) is 0 Å². The third-order valence-electron chi connectivity index (χ3n) is 4.54. The molecule has 1 aromatic carbocycles. The normalized spacial score (nSPS) is 12.8. The van der Waals surface area contributed by atoms with Crippen LogP contribution < -0.4 is 4.43 Å². The van der Waals surface area contributed by atoms with Gasteiger partial charge in [-0.15, -0.1) is 0 Å². The molecule has 0 spiro atoms. The van der Waals surface area contributed by atoms with E-state index in [0.29, 0.717) is 16.6 Å². The van der Waals surface area contributed by atoms with Gasteiger partial charge in [-0.2, -0.15) is 0 Å². The van der Waals surface area contributed by atoms with Crippen molar-refractivity contribution in [3.8, 4) is 5.75 Å². The molecule has 0 bridgehead atoms. The van der Waals surface area contributed by atoms with Crippen molar-refractivity contribution in [3.05, 3.63) is 30.5 Å². The number of hydrogen-bond acceptors (Lipinski definition) is 1. The maximum Gasteiger partial charge on any atom is 0.258 e. The molecule has 1 aromatic heterocycles. The van der Waals surface area contributed by atoms with Crippen LogP contribution in [0.25, 0.3) is 10.9 Å². The van der Waals surface area contributed by atoms with Crippen LogP contribution in [0.5, 0.6) is 5.75 Å². The van der Waals surface area contributed by atoms with E-state index in [1.165, 1.54) is 5.39 Å². The van der Waals surface area contributed by atoms with Gasteiger partial charge in [0, 0.05) is 11.6 Å². The molecular formula is C17H27NOSi. The fourth-order valence-corrected chi connectivity index (χ4v) is 8.94. The first-order valence-corrected chi connectivity index (χ1v) is 9.78. The average molecular weight is 289 g/mol. The summed E-state index contributed by atoms with van der Waals surface area (Å²) in [6, 6.07) is 8.42. The molecule has 0 amide bonds. The lowest BCUT2D eigenvalue weighted by Crippen LogP contribution is -2.50. The topological polar surface area (TPSA) is 25.0 Å². The maximum atomic E-state index is 6.77. The van der Waals surface area contributed by atoms with Crippen LogP contribution in [0, 0.1) is 0 Å². The lowest BCUT2D eigenvalue weighted by Gasteiger charge is -2.42. The zero-order valence-corrected chi connectivity index (χ0v) is 14.5. The smallest absolute Gasteiger partial charge is 0.258 e. The summed E-state index contributed by atoms with van der Waals surface area (Å²) in [5.74, 6) is 1.02. The molecule has 0 fully saturated rings. The maximum absolute atomic E-state index is 6.77. The Morgan fingerprint density at radius 2 is 1.50 bits per heavy atom. The molecule has 3 heteroatoms. The van der Waals surface area contributed by atoms with E-state index in [9.17, 15) is 0 Å². The molecule has 0 radical (unpaired) electrons. The van der Waals surface area contributed by atoms with Crippen LogP contribution in [0.3, 0.4) is 0 Å². The largest absolute Gasteiger partial charge is 0.541 e. The van der Waals surface area contributed by atoms with Crippen LogP contribution >= 0.6 is 0 Å². The number of rotatable bonds is 5.